The van der Waals surface area contributed by atoms with Gasteiger partial charge >= 0.3 is 5.97 Å². The Kier molecular flexibility index (Phi) is 2.95. The molecule has 2 N–H and O–H groups in total. The number of rotatable bonds is 1. The number of benzene rings is 1. The molecular formula is C11H14ClNO2. The Hall–Kier alpha value is -1.22. The van der Waals surface area contributed by atoms with Gasteiger partial charge in [0.15, 0.2) is 0 Å². The van der Waals surface area contributed by atoms with Crippen LogP contribution in [0.5, 0.6) is 0 Å². The van der Waals surface area contributed by atoms with Crippen molar-refractivity contribution < 1.29 is 9.90 Å². The molecule has 0 bridgehead atoms. The quantitative estimate of drug-likeness (QED) is 0.774. The van der Waals surface area contributed by atoms with E-state index in [2.05, 4.69) is 5.32 Å². The molecule has 1 aromatic rings. The van der Waals surface area contributed by atoms with Crippen LogP contribution in [0.1, 0.15) is 19.4 Å². The van der Waals surface area contributed by atoms with Gasteiger partial charge in [-0.05, 0) is 11.6 Å². The number of hydrogen-bond acceptors (Lipinski definition) is 2. The lowest BCUT2D eigenvalue weighted by atomic mass is 9.81. The molecule has 1 aromatic carbocycles. The second-order valence-electron chi connectivity index (χ2n) is 4.18. The Morgan fingerprint density at radius 2 is 2.00 bits per heavy atom. The van der Waals surface area contributed by atoms with Crippen molar-refractivity contribution in [2.75, 3.05) is 5.32 Å². The average molecular weight is 228 g/mol. The van der Waals surface area contributed by atoms with Crippen LogP contribution >= 0.6 is 12.4 Å². The predicted octanol–water partition coefficient (Wildman–Crippen LogP) is 2.26. The Morgan fingerprint density at radius 3 is 2.53 bits per heavy atom. The highest BCUT2D eigenvalue weighted by Crippen LogP contribution is 2.40. The van der Waals surface area contributed by atoms with Crippen molar-refractivity contribution in [1.82, 2.24) is 0 Å². The van der Waals surface area contributed by atoms with Crippen LogP contribution in [0.4, 0.5) is 5.69 Å². The van der Waals surface area contributed by atoms with E-state index in [-0.39, 0.29) is 17.8 Å². The third-order valence-corrected chi connectivity index (χ3v) is 2.89. The van der Waals surface area contributed by atoms with Gasteiger partial charge in [0.2, 0.25) is 0 Å². The van der Waals surface area contributed by atoms with Crippen LogP contribution in [-0.4, -0.2) is 17.1 Å². The number of aliphatic carboxylic acids is 1. The molecule has 0 amide bonds. The first kappa shape index (κ1) is 11.9. The molecule has 0 aliphatic carbocycles. The lowest BCUT2D eigenvalue weighted by Crippen LogP contribution is -2.40. The number of halogens is 1. The highest BCUT2D eigenvalue weighted by Gasteiger charge is 2.43. The molecule has 4 heteroatoms. The summed E-state index contributed by atoms with van der Waals surface area (Å²) in [6.07, 6.45) is 0. The molecule has 1 heterocycles. The van der Waals surface area contributed by atoms with E-state index in [0.29, 0.717) is 0 Å². The minimum atomic E-state index is -0.800. The fourth-order valence-electron chi connectivity index (χ4n) is 2.03. The standard InChI is InChI=1S/C11H13NO2.ClH/c1-11(2)7-5-3-4-6-8(7)12-9(11)10(13)14;/h3-6,9,12H,1-2H3,(H,13,14);1H. The third kappa shape index (κ3) is 1.67. The van der Waals surface area contributed by atoms with Gasteiger partial charge in [0.25, 0.3) is 0 Å². The zero-order valence-electron chi connectivity index (χ0n) is 8.65. The lowest BCUT2D eigenvalue weighted by molar-refractivity contribution is -0.139. The van der Waals surface area contributed by atoms with Crippen molar-refractivity contribution in [2.45, 2.75) is 25.3 Å². The molecular weight excluding hydrogens is 214 g/mol. The number of anilines is 1. The van der Waals surface area contributed by atoms with Crippen LogP contribution in [0, 0.1) is 0 Å². The minimum Gasteiger partial charge on any atom is -0.480 e. The van der Waals surface area contributed by atoms with Gasteiger partial charge in [0, 0.05) is 11.1 Å². The number of hydrogen-bond donors (Lipinski definition) is 2. The van der Waals surface area contributed by atoms with Crippen molar-refractivity contribution in [1.29, 1.82) is 0 Å². The van der Waals surface area contributed by atoms with Gasteiger partial charge in [0.05, 0.1) is 0 Å². The van der Waals surface area contributed by atoms with Crippen molar-refractivity contribution in [3.63, 3.8) is 0 Å². The predicted molar refractivity (Wildman–Crippen MR) is 61.8 cm³/mol. The highest BCUT2D eigenvalue weighted by molar-refractivity contribution is 5.85. The molecule has 0 saturated heterocycles. The first-order chi connectivity index (χ1) is 6.53. The van der Waals surface area contributed by atoms with E-state index >= 15 is 0 Å². The fourth-order valence-corrected chi connectivity index (χ4v) is 2.03. The Labute approximate surface area is 94.9 Å². The lowest BCUT2D eigenvalue weighted by Gasteiger charge is -2.23. The molecule has 1 aliphatic rings. The summed E-state index contributed by atoms with van der Waals surface area (Å²) in [6, 6.07) is 7.21. The number of fused-ring (bicyclic) bond motifs is 1. The maximum absolute atomic E-state index is 11.0. The van der Waals surface area contributed by atoms with E-state index < -0.39 is 12.0 Å². The third-order valence-electron chi connectivity index (χ3n) is 2.89. The summed E-state index contributed by atoms with van der Waals surface area (Å²) in [5.41, 5.74) is 1.67. The molecule has 3 nitrogen and oxygen atoms in total. The van der Waals surface area contributed by atoms with Crippen LogP contribution in [0.2, 0.25) is 0 Å². The van der Waals surface area contributed by atoms with Crippen molar-refractivity contribution in [3.8, 4) is 0 Å². The Balaban J connectivity index is 0.00000112. The Bertz CT molecular complexity index is 390. The molecule has 0 spiro atoms. The van der Waals surface area contributed by atoms with Gasteiger partial charge in [0.1, 0.15) is 6.04 Å². The summed E-state index contributed by atoms with van der Waals surface area (Å²) in [4.78, 5) is 11.0. The molecule has 15 heavy (non-hydrogen) atoms. The van der Waals surface area contributed by atoms with Gasteiger partial charge in [-0.25, -0.2) is 4.79 Å². The molecule has 1 aliphatic heterocycles. The molecule has 0 radical (unpaired) electrons. The maximum Gasteiger partial charge on any atom is 0.327 e. The minimum absolute atomic E-state index is 0. The van der Waals surface area contributed by atoms with Crippen LogP contribution in [-0.2, 0) is 10.2 Å². The number of carbonyl (C=O) groups is 1. The zero-order chi connectivity index (χ0) is 10.3. The molecule has 0 fully saturated rings. The first-order valence-electron chi connectivity index (χ1n) is 4.62. The van der Waals surface area contributed by atoms with E-state index in [1.165, 1.54) is 0 Å². The van der Waals surface area contributed by atoms with E-state index in [9.17, 15) is 4.79 Å². The fraction of sp³-hybridized carbons (Fsp3) is 0.364. The second kappa shape index (κ2) is 3.74. The van der Waals surface area contributed by atoms with E-state index in [0.717, 1.165) is 11.3 Å². The zero-order valence-corrected chi connectivity index (χ0v) is 9.47. The summed E-state index contributed by atoms with van der Waals surface area (Å²) in [5, 5.41) is 12.1. The highest BCUT2D eigenvalue weighted by atomic mass is 35.5. The van der Waals surface area contributed by atoms with Gasteiger partial charge in [-0.15, -0.1) is 12.4 Å². The smallest absolute Gasteiger partial charge is 0.327 e. The summed E-state index contributed by atoms with van der Waals surface area (Å²) in [5.74, 6) is -0.800. The van der Waals surface area contributed by atoms with Crippen LogP contribution in [0.15, 0.2) is 24.3 Å². The maximum atomic E-state index is 11.0. The Morgan fingerprint density at radius 1 is 1.40 bits per heavy atom. The molecule has 2 rings (SSSR count). The topological polar surface area (TPSA) is 49.3 Å². The van der Waals surface area contributed by atoms with E-state index in [1.54, 1.807) is 0 Å². The SMILES string of the molecule is CC1(C)c2ccccc2NC1C(=O)O.Cl. The number of carboxylic acids is 1. The molecule has 1 atom stereocenters. The monoisotopic (exact) mass is 227 g/mol. The molecule has 82 valence electrons. The number of para-hydroxylation sites is 1. The summed E-state index contributed by atoms with van der Waals surface area (Å²) >= 11 is 0. The van der Waals surface area contributed by atoms with E-state index in [1.807, 2.05) is 38.1 Å². The van der Waals surface area contributed by atoms with Crippen molar-refractivity contribution in [2.24, 2.45) is 0 Å². The van der Waals surface area contributed by atoms with Crippen LogP contribution in [0.3, 0.4) is 0 Å². The van der Waals surface area contributed by atoms with Crippen molar-refractivity contribution >= 4 is 24.1 Å². The first-order valence-corrected chi connectivity index (χ1v) is 4.62. The average Bonchev–Trinajstić information content (AvgIpc) is 2.39. The largest absolute Gasteiger partial charge is 0.480 e. The van der Waals surface area contributed by atoms with Crippen molar-refractivity contribution in [3.05, 3.63) is 29.8 Å². The number of carboxylic acid groups (broad SMARTS) is 1. The molecule has 0 saturated carbocycles. The van der Waals surface area contributed by atoms with Gasteiger partial charge < -0.3 is 10.4 Å². The second-order valence-corrected chi connectivity index (χ2v) is 4.18. The molecule has 0 aromatic heterocycles. The van der Waals surface area contributed by atoms with Crippen LogP contribution in [0.25, 0.3) is 0 Å². The summed E-state index contributed by atoms with van der Waals surface area (Å²) < 4.78 is 0. The summed E-state index contributed by atoms with van der Waals surface area (Å²) in [7, 11) is 0. The summed E-state index contributed by atoms with van der Waals surface area (Å²) in [6.45, 7) is 3.90. The normalized spacial score (nSPS) is 21.1. The van der Waals surface area contributed by atoms with Gasteiger partial charge in [-0.3, -0.25) is 0 Å². The van der Waals surface area contributed by atoms with Crippen LogP contribution < -0.4 is 5.32 Å². The van der Waals surface area contributed by atoms with E-state index in [4.69, 9.17) is 5.11 Å². The van der Waals surface area contributed by atoms with Gasteiger partial charge in [-0.1, -0.05) is 32.0 Å². The van der Waals surface area contributed by atoms with Gasteiger partial charge in [-0.2, -0.15) is 0 Å². The molecule has 1 unspecified atom stereocenters. The number of nitrogens with one attached hydrogen (secondary N) is 1.